The lowest BCUT2D eigenvalue weighted by molar-refractivity contribution is 0.263. The molecule has 0 amide bonds. The second-order valence-corrected chi connectivity index (χ2v) is 3.52. The van der Waals surface area contributed by atoms with Gasteiger partial charge in [0.1, 0.15) is 12.0 Å². The molecule has 94 valence electrons. The summed E-state index contributed by atoms with van der Waals surface area (Å²) in [5.41, 5.74) is -1.04. The lowest BCUT2D eigenvalue weighted by Gasteiger charge is -2.07. The lowest BCUT2D eigenvalue weighted by atomic mass is 10.3. The van der Waals surface area contributed by atoms with Gasteiger partial charge < -0.3 is 5.11 Å². The number of halogens is 1. The highest BCUT2D eigenvalue weighted by Crippen LogP contribution is 2.04. The van der Waals surface area contributed by atoms with Crippen LogP contribution in [0.3, 0.4) is 0 Å². The quantitative estimate of drug-likeness (QED) is 0.799. The average molecular weight is 251 g/mol. The number of hydrogen-bond donors (Lipinski definition) is 1. The van der Waals surface area contributed by atoms with Gasteiger partial charge in [0.2, 0.25) is 0 Å². The number of aromatic nitrogens is 3. The van der Waals surface area contributed by atoms with Crippen molar-refractivity contribution in [2.75, 3.05) is 6.61 Å². The second kappa shape index (κ2) is 4.92. The number of benzene rings is 1. The van der Waals surface area contributed by atoms with E-state index in [9.17, 15) is 14.0 Å². The molecule has 1 heterocycles. The monoisotopic (exact) mass is 251 g/mol. The van der Waals surface area contributed by atoms with Crippen molar-refractivity contribution in [2.45, 2.75) is 6.54 Å². The molecule has 6 nitrogen and oxygen atoms in total. The van der Waals surface area contributed by atoms with Crippen LogP contribution >= 0.6 is 0 Å². The van der Waals surface area contributed by atoms with Crippen molar-refractivity contribution in [3.8, 4) is 5.69 Å². The summed E-state index contributed by atoms with van der Waals surface area (Å²) < 4.78 is 14.6. The summed E-state index contributed by atoms with van der Waals surface area (Å²) in [6, 6.07) is 4.94. The topological polar surface area (TPSA) is 77.1 Å². The van der Waals surface area contributed by atoms with Crippen LogP contribution in [-0.2, 0) is 6.54 Å². The predicted molar refractivity (Wildman–Crippen MR) is 61.1 cm³/mol. The molecular formula is C11H10FN3O3. The molecule has 0 aliphatic heterocycles. The zero-order valence-electron chi connectivity index (χ0n) is 9.28. The SMILES string of the molecule is O=c1cnn(CCO)c(=O)n1-c1ccc(F)cc1. The molecule has 0 spiro atoms. The largest absolute Gasteiger partial charge is 0.394 e. The first-order valence-corrected chi connectivity index (χ1v) is 5.19. The van der Waals surface area contributed by atoms with E-state index in [0.717, 1.165) is 27.6 Å². The van der Waals surface area contributed by atoms with Crippen LogP contribution in [0.25, 0.3) is 5.69 Å². The zero-order valence-corrected chi connectivity index (χ0v) is 9.28. The fourth-order valence-corrected chi connectivity index (χ4v) is 1.51. The van der Waals surface area contributed by atoms with E-state index in [2.05, 4.69) is 5.10 Å². The van der Waals surface area contributed by atoms with Crippen molar-refractivity contribution in [3.63, 3.8) is 0 Å². The molecule has 0 fully saturated rings. The molecule has 1 aromatic carbocycles. The minimum absolute atomic E-state index is 0.0136. The maximum Gasteiger partial charge on any atom is 0.352 e. The Morgan fingerprint density at radius 1 is 1.22 bits per heavy atom. The highest BCUT2D eigenvalue weighted by atomic mass is 19.1. The van der Waals surface area contributed by atoms with Gasteiger partial charge in [-0.2, -0.15) is 5.10 Å². The van der Waals surface area contributed by atoms with Crippen LogP contribution in [0, 0.1) is 5.82 Å². The van der Waals surface area contributed by atoms with Crippen LogP contribution in [0.4, 0.5) is 4.39 Å². The van der Waals surface area contributed by atoms with E-state index < -0.39 is 17.1 Å². The van der Waals surface area contributed by atoms with Gasteiger partial charge in [0, 0.05) is 0 Å². The third-order valence-electron chi connectivity index (χ3n) is 2.34. The van der Waals surface area contributed by atoms with Gasteiger partial charge in [-0.15, -0.1) is 0 Å². The van der Waals surface area contributed by atoms with Gasteiger partial charge in [-0.05, 0) is 24.3 Å². The summed E-state index contributed by atoms with van der Waals surface area (Å²) in [6.45, 7) is -0.283. The summed E-state index contributed by atoms with van der Waals surface area (Å²) in [4.78, 5) is 23.5. The summed E-state index contributed by atoms with van der Waals surface area (Å²) in [7, 11) is 0. The summed E-state index contributed by atoms with van der Waals surface area (Å²) in [6.07, 6.45) is 0.973. The maximum absolute atomic E-state index is 12.8. The van der Waals surface area contributed by atoms with Crippen LogP contribution < -0.4 is 11.2 Å². The van der Waals surface area contributed by atoms with Gasteiger partial charge in [-0.3, -0.25) is 4.79 Å². The molecule has 2 aromatic rings. The summed E-state index contributed by atoms with van der Waals surface area (Å²) >= 11 is 0. The number of aliphatic hydroxyl groups is 1. The fourth-order valence-electron chi connectivity index (χ4n) is 1.51. The Hall–Kier alpha value is -2.28. The van der Waals surface area contributed by atoms with Crippen LogP contribution in [-0.4, -0.2) is 26.1 Å². The first-order valence-electron chi connectivity index (χ1n) is 5.19. The average Bonchev–Trinajstić information content (AvgIpc) is 2.35. The Morgan fingerprint density at radius 2 is 1.89 bits per heavy atom. The normalized spacial score (nSPS) is 10.6. The van der Waals surface area contributed by atoms with Gasteiger partial charge >= 0.3 is 5.69 Å². The standard InChI is InChI=1S/C11H10FN3O3/c12-8-1-3-9(4-2-8)15-10(17)7-13-14(5-6-16)11(15)18/h1-4,7,16H,5-6H2. The van der Waals surface area contributed by atoms with E-state index in [0.29, 0.717) is 0 Å². The number of rotatable bonds is 3. The molecule has 0 unspecified atom stereocenters. The van der Waals surface area contributed by atoms with Crippen molar-refractivity contribution >= 4 is 0 Å². The van der Waals surface area contributed by atoms with Gasteiger partial charge in [0.25, 0.3) is 5.56 Å². The first kappa shape index (κ1) is 12.2. The molecule has 0 saturated carbocycles. The van der Waals surface area contributed by atoms with E-state index in [1.54, 1.807) is 0 Å². The van der Waals surface area contributed by atoms with Crippen molar-refractivity contribution in [1.29, 1.82) is 0 Å². The number of nitrogens with zero attached hydrogens (tertiary/aromatic N) is 3. The van der Waals surface area contributed by atoms with Crippen molar-refractivity contribution in [2.24, 2.45) is 0 Å². The molecule has 7 heteroatoms. The molecule has 18 heavy (non-hydrogen) atoms. The van der Waals surface area contributed by atoms with Crippen molar-refractivity contribution < 1.29 is 9.50 Å². The molecule has 0 radical (unpaired) electrons. The molecule has 1 aromatic heterocycles. The summed E-state index contributed by atoms with van der Waals surface area (Å²) in [5, 5.41) is 12.4. The Bertz CT molecular complexity index is 660. The van der Waals surface area contributed by atoms with E-state index in [4.69, 9.17) is 5.11 Å². The zero-order chi connectivity index (χ0) is 13.1. The molecule has 0 saturated heterocycles. The lowest BCUT2D eigenvalue weighted by Crippen LogP contribution is -2.40. The number of hydrogen-bond acceptors (Lipinski definition) is 4. The smallest absolute Gasteiger partial charge is 0.352 e. The molecule has 0 bridgehead atoms. The van der Waals surface area contributed by atoms with Crippen molar-refractivity contribution in [1.82, 2.24) is 14.3 Å². The van der Waals surface area contributed by atoms with Gasteiger partial charge in [-0.1, -0.05) is 0 Å². The minimum atomic E-state index is -0.678. The van der Waals surface area contributed by atoms with Crippen LogP contribution in [0.15, 0.2) is 40.1 Å². The van der Waals surface area contributed by atoms with Gasteiger partial charge in [0.15, 0.2) is 0 Å². The molecular weight excluding hydrogens is 241 g/mol. The number of aliphatic hydroxyl groups excluding tert-OH is 1. The summed E-state index contributed by atoms with van der Waals surface area (Å²) in [5.74, 6) is -0.462. The van der Waals surface area contributed by atoms with Crippen LogP contribution in [0.5, 0.6) is 0 Å². The van der Waals surface area contributed by atoms with E-state index >= 15 is 0 Å². The Balaban J connectivity index is 2.63. The third-order valence-corrected chi connectivity index (χ3v) is 2.34. The van der Waals surface area contributed by atoms with Crippen LogP contribution in [0.1, 0.15) is 0 Å². The van der Waals surface area contributed by atoms with Gasteiger partial charge in [-0.25, -0.2) is 18.4 Å². The third kappa shape index (κ3) is 2.21. The van der Waals surface area contributed by atoms with E-state index in [-0.39, 0.29) is 18.8 Å². The van der Waals surface area contributed by atoms with E-state index in [1.807, 2.05) is 0 Å². The van der Waals surface area contributed by atoms with Crippen molar-refractivity contribution in [3.05, 3.63) is 57.1 Å². The van der Waals surface area contributed by atoms with Crippen LogP contribution in [0.2, 0.25) is 0 Å². The fraction of sp³-hybridized carbons (Fsp3) is 0.182. The first-order chi connectivity index (χ1) is 8.63. The van der Waals surface area contributed by atoms with Gasteiger partial charge in [0.05, 0.1) is 18.8 Å². The highest BCUT2D eigenvalue weighted by Gasteiger charge is 2.08. The Kier molecular flexibility index (Phi) is 3.33. The molecule has 0 atom stereocenters. The molecule has 2 rings (SSSR count). The minimum Gasteiger partial charge on any atom is -0.394 e. The maximum atomic E-state index is 12.8. The highest BCUT2D eigenvalue weighted by molar-refractivity contribution is 5.31. The van der Waals surface area contributed by atoms with E-state index in [1.165, 1.54) is 12.1 Å². The second-order valence-electron chi connectivity index (χ2n) is 3.52. The Labute approximate surface area is 101 Å². The Morgan fingerprint density at radius 3 is 2.50 bits per heavy atom. The molecule has 0 aliphatic carbocycles. The molecule has 1 N–H and O–H groups in total. The molecule has 0 aliphatic rings. The predicted octanol–water partition coefficient (Wildman–Crippen LogP) is -0.474.